The highest BCUT2D eigenvalue weighted by Gasteiger charge is 2.25. The third-order valence-electron chi connectivity index (χ3n) is 12.1. The summed E-state index contributed by atoms with van der Waals surface area (Å²) in [4.78, 5) is 11.7. The van der Waals surface area contributed by atoms with Gasteiger partial charge in [-0.25, -0.2) is 9.97 Å². The molecule has 266 valence electrons. The lowest BCUT2D eigenvalue weighted by Crippen LogP contribution is -2.05. The number of hydrogen-bond acceptors (Lipinski definition) is 4. The van der Waals surface area contributed by atoms with Crippen LogP contribution in [0.15, 0.2) is 174 Å². The molecule has 13 rings (SSSR count). The van der Waals surface area contributed by atoms with Crippen LogP contribution in [-0.4, -0.2) is 14.5 Å². The van der Waals surface area contributed by atoms with Crippen molar-refractivity contribution in [1.82, 2.24) is 14.5 Å². The quantitative estimate of drug-likeness (QED) is 0.181. The highest BCUT2D eigenvalue weighted by molar-refractivity contribution is 7.25. The van der Waals surface area contributed by atoms with Crippen LogP contribution in [0.5, 0.6) is 0 Å². The van der Waals surface area contributed by atoms with E-state index in [0.717, 1.165) is 77.8 Å². The second-order valence-corrected chi connectivity index (χ2v) is 16.2. The van der Waals surface area contributed by atoms with E-state index in [1.54, 1.807) is 11.3 Å². The van der Waals surface area contributed by atoms with Crippen molar-refractivity contribution in [2.45, 2.75) is 12.3 Å². The van der Waals surface area contributed by atoms with Gasteiger partial charge in [-0.05, 0) is 69.8 Å². The molecule has 0 aliphatic heterocycles. The average molecular weight is 746 g/mol. The molecule has 0 radical (unpaired) electrons. The van der Waals surface area contributed by atoms with E-state index in [4.69, 9.17) is 14.4 Å². The van der Waals surface area contributed by atoms with E-state index >= 15 is 0 Å². The molecule has 0 amide bonds. The van der Waals surface area contributed by atoms with Crippen LogP contribution < -0.4 is 0 Å². The van der Waals surface area contributed by atoms with Crippen LogP contribution in [0.3, 0.4) is 0 Å². The van der Waals surface area contributed by atoms with Crippen molar-refractivity contribution in [1.29, 1.82) is 0 Å². The number of allylic oxidation sites excluding steroid dienone is 4. The lowest BCUT2D eigenvalue weighted by molar-refractivity contribution is 0.675. The molecule has 5 heteroatoms. The molecule has 1 aliphatic rings. The minimum atomic E-state index is 0.150. The van der Waals surface area contributed by atoms with E-state index in [1.165, 1.54) is 47.8 Å². The molecule has 1 aliphatic carbocycles. The molecule has 4 aromatic heterocycles. The normalized spacial score (nSPS) is 14.6. The van der Waals surface area contributed by atoms with Gasteiger partial charge in [-0.15, -0.1) is 11.3 Å². The van der Waals surface area contributed by atoms with E-state index in [0.29, 0.717) is 0 Å². The summed E-state index contributed by atoms with van der Waals surface area (Å²) in [5.74, 6) is 0.150. The fourth-order valence-corrected chi connectivity index (χ4v) is 10.5. The molecular formula is C52H31N3OS. The van der Waals surface area contributed by atoms with Gasteiger partial charge in [0, 0.05) is 54.2 Å². The molecule has 1 unspecified atom stereocenters. The van der Waals surface area contributed by atoms with Crippen LogP contribution in [0, 0.1) is 0 Å². The van der Waals surface area contributed by atoms with E-state index in [2.05, 4.69) is 174 Å². The molecule has 57 heavy (non-hydrogen) atoms. The zero-order chi connectivity index (χ0) is 37.2. The average Bonchev–Trinajstić information content (AvgIpc) is 3.95. The zero-order valence-electron chi connectivity index (χ0n) is 30.6. The van der Waals surface area contributed by atoms with Gasteiger partial charge in [-0.3, -0.25) is 0 Å². The predicted octanol–water partition coefficient (Wildman–Crippen LogP) is 14.6. The van der Waals surface area contributed by atoms with Gasteiger partial charge >= 0.3 is 0 Å². The third kappa shape index (κ3) is 4.43. The fourth-order valence-electron chi connectivity index (χ4n) is 9.47. The molecule has 0 fully saturated rings. The maximum Gasteiger partial charge on any atom is 0.160 e. The second kappa shape index (κ2) is 11.7. The highest BCUT2D eigenvalue weighted by atomic mass is 32.1. The second-order valence-electron chi connectivity index (χ2n) is 15.2. The number of furan rings is 1. The van der Waals surface area contributed by atoms with Crippen molar-refractivity contribution in [3.05, 3.63) is 176 Å². The summed E-state index contributed by atoms with van der Waals surface area (Å²) in [6.45, 7) is 0. The van der Waals surface area contributed by atoms with Gasteiger partial charge in [0.2, 0.25) is 0 Å². The van der Waals surface area contributed by atoms with E-state index in [1.807, 2.05) is 0 Å². The van der Waals surface area contributed by atoms with Gasteiger partial charge in [0.05, 0.1) is 22.4 Å². The smallest absolute Gasteiger partial charge is 0.160 e. The Kier molecular flexibility index (Phi) is 6.40. The summed E-state index contributed by atoms with van der Waals surface area (Å²) >= 11 is 1.71. The van der Waals surface area contributed by atoms with E-state index < -0.39 is 0 Å². The summed E-state index contributed by atoms with van der Waals surface area (Å²) in [5.41, 5.74) is 9.11. The van der Waals surface area contributed by atoms with Gasteiger partial charge in [0.15, 0.2) is 5.58 Å². The van der Waals surface area contributed by atoms with E-state index in [-0.39, 0.29) is 5.92 Å². The van der Waals surface area contributed by atoms with Crippen LogP contribution >= 0.6 is 11.3 Å². The Morgan fingerprint density at radius 1 is 0.579 bits per heavy atom. The number of benzene rings is 8. The molecule has 1 atom stereocenters. The first-order valence-electron chi connectivity index (χ1n) is 19.5. The van der Waals surface area contributed by atoms with E-state index in [9.17, 15) is 0 Å². The Hall–Kier alpha value is -7.08. The Balaban J connectivity index is 1.11. The molecule has 0 bridgehead atoms. The molecule has 4 heterocycles. The summed E-state index contributed by atoms with van der Waals surface area (Å²) in [6, 6.07) is 52.7. The SMILES string of the molecule is C1=CCC(c2nc3c(nc2-c2ccc(-n4c5cc6ccccc6cc5c5c6ccccc6c6c7ccc8ccccc8c7oc6c54)cc2)sc2ccccc23)C=C1. The first kappa shape index (κ1) is 31.2. The maximum absolute atomic E-state index is 7.17. The van der Waals surface area contributed by atoms with Gasteiger partial charge < -0.3 is 8.98 Å². The molecule has 0 N–H and O–H groups in total. The summed E-state index contributed by atoms with van der Waals surface area (Å²) < 4.78 is 10.8. The minimum Gasteiger partial charge on any atom is -0.453 e. The standard InChI is InChI=1S/C52H31N3OS/c1-2-13-31(14-3-1)46-47(54-52-48(53-46)39-20-10-11-21-43(39)57-52)32-22-25-35(26-23-32)55-42-29-34-16-5-4-15-33(34)28-41(42)44-37-18-8-9-19-38(37)45-40-27-24-30-12-6-7-17-36(30)50(40)56-51(45)49(44)55/h1-13,15-29,31H,14H2. The van der Waals surface area contributed by atoms with Gasteiger partial charge in [0.1, 0.15) is 15.9 Å². The van der Waals surface area contributed by atoms with Crippen LogP contribution in [0.2, 0.25) is 0 Å². The lowest BCUT2D eigenvalue weighted by Gasteiger charge is -2.17. The zero-order valence-corrected chi connectivity index (χ0v) is 31.4. The Morgan fingerprint density at radius 3 is 2.11 bits per heavy atom. The number of thiophene rings is 1. The van der Waals surface area contributed by atoms with Crippen LogP contribution in [-0.2, 0) is 0 Å². The number of nitrogens with zero attached hydrogens (tertiary/aromatic N) is 3. The molecule has 0 saturated carbocycles. The molecule has 0 spiro atoms. The van der Waals surface area contributed by atoms with Crippen molar-refractivity contribution in [2.24, 2.45) is 0 Å². The first-order valence-corrected chi connectivity index (χ1v) is 20.3. The Bertz CT molecular complexity index is 3730. The number of fused-ring (bicyclic) bond motifs is 16. The highest BCUT2D eigenvalue weighted by Crippen LogP contribution is 2.48. The molecule has 0 saturated heterocycles. The topological polar surface area (TPSA) is 43.9 Å². The molecule has 8 aromatic carbocycles. The van der Waals surface area contributed by atoms with Crippen LogP contribution in [0.4, 0.5) is 0 Å². The van der Waals surface area contributed by atoms with Gasteiger partial charge in [0.25, 0.3) is 0 Å². The largest absolute Gasteiger partial charge is 0.453 e. The lowest BCUT2D eigenvalue weighted by atomic mass is 9.93. The Morgan fingerprint density at radius 2 is 1.30 bits per heavy atom. The summed E-state index contributed by atoms with van der Waals surface area (Å²) in [5, 5.41) is 13.0. The third-order valence-corrected chi connectivity index (χ3v) is 13.1. The Labute approximate surface area is 330 Å². The predicted molar refractivity (Wildman–Crippen MR) is 240 cm³/mol. The summed E-state index contributed by atoms with van der Waals surface area (Å²) in [6.07, 6.45) is 9.64. The minimum absolute atomic E-state index is 0.150. The molecule has 4 nitrogen and oxygen atoms in total. The monoisotopic (exact) mass is 745 g/mol. The number of rotatable bonds is 3. The number of aromatic nitrogens is 3. The van der Waals surface area contributed by atoms with Crippen molar-refractivity contribution in [2.75, 3.05) is 0 Å². The van der Waals surface area contributed by atoms with Crippen molar-refractivity contribution in [3.8, 4) is 16.9 Å². The maximum atomic E-state index is 7.17. The van der Waals surface area contributed by atoms with Gasteiger partial charge in [-0.1, -0.05) is 133 Å². The van der Waals surface area contributed by atoms with Crippen LogP contribution in [0.25, 0.3) is 113 Å². The first-order chi connectivity index (χ1) is 28.3. The number of hydrogen-bond donors (Lipinski definition) is 0. The van der Waals surface area contributed by atoms with Gasteiger partial charge in [-0.2, -0.15) is 0 Å². The van der Waals surface area contributed by atoms with Crippen LogP contribution in [0.1, 0.15) is 18.0 Å². The fraction of sp³-hybridized carbons (Fsp3) is 0.0385. The molecule has 12 aromatic rings. The van der Waals surface area contributed by atoms with Crippen molar-refractivity contribution < 1.29 is 4.42 Å². The summed E-state index contributed by atoms with van der Waals surface area (Å²) in [7, 11) is 0. The molecular weight excluding hydrogens is 715 g/mol. The van der Waals surface area contributed by atoms with Crippen molar-refractivity contribution in [3.63, 3.8) is 0 Å². The van der Waals surface area contributed by atoms with Crippen molar-refractivity contribution >= 4 is 108 Å².